The van der Waals surface area contributed by atoms with Crippen LogP contribution in [0.3, 0.4) is 0 Å². The Balaban J connectivity index is 3.12. The minimum Gasteiger partial charge on any atom is -0.478 e. The van der Waals surface area contributed by atoms with Gasteiger partial charge in [0.2, 0.25) is 0 Å². The second-order valence-corrected chi connectivity index (χ2v) is 3.26. The molecule has 0 amide bonds. The number of rotatable bonds is 3. The lowest BCUT2D eigenvalue weighted by Crippen LogP contribution is -2.03. The molecule has 0 aliphatic heterocycles. The van der Waals surface area contributed by atoms with Crippen LogP contribution in [-0.4, -0.2) is 17.0 Å². The van der Waals surface area contributed by atoms with Crippen molar-refractivity contribution in [2.75, 3.05) is 0 Å². The minimum absolute atomic E-state index is 0.366. The Hall–Kier alpha value is -2.10. The largest absolute Gasteiger partial charge is 0.478 e. The van der Waals surface area contributed by atoms with Gasteiger partial charge in [-0.1, -0.05) is 18.2 Å². The Morgan fingerprint density at radius 3 is 2.44 bits per heavy atom. The number of aliphatic carboxylic acids is 1. The third-order valence-electron chi connectivity index (χ3n) is 1.91. The van der Waals surface area contributed by atoms with Gasteiger partial charge in [0.1, 0.15) is 5.75 Å². The smallest absolute Gasteiger partial charge is 0.328 e. The van der Waals surface area contributed by atoms with Crippen LogP contribution in [0.2, 0.25) is 0 Å². The van der Waals surface area contributed by atoms with Gasteiger partial charge in [-0.2, -0.15) is 0 Å². The first-order valence-electron chi connectivity index (χ1n) is 4.69. The molecule has 4 heteroatoms. The zero-order valence-electron chi connectivity index (χ0n) is 9.06. The van der Waals surface area contributed by atoms with Gasteiger partial charge in [0.25, 0.3) is 0 Å². The second kappa shape index (κ2) is 5.11. The SMILES string of the molecule is CC(=O)Oc1ccccc1C(C)=CC(=O)O. The normalized spacial score (nSPS) is 11.0. The summed E-state index contributed by atoms with van der Waals surface area (Å²) in [5.74, 6) is -1.10. The molecule has 0 saturated heterocycles. The van der Waals surface area contributed by atoms with Crippen molar-refractivity contribution in [3.63, 3.8) is 0 Å². The highest BCUT2D eigenvalue weighted by atomic mass is 16.5. The number of hydrogen-bond donors (Lipinski definition) is 1. The van der Waals surface area contributed by atoms with E-state index in [1.807, 2.05) is 0 Å². The van der Waals surface area contributed by atoms with E-state index in [0.717, 1.165) is 6.08 Å². The third-order valence-corrected chi connectivity index (χ3v) is 1.91. The molecule has 4 nitrogen and oxygen atoms in total. The van der Waals surface area contributed by atoms with Crippen LogP contribution in [0.5, 0.6) is 5.75 Å². The van der Waals surface area contributed by atoms with Crippen LogP contribution in [0.1, 0.15) is 19.4 Å². The lowest BCUT2D eigenvalue weighted by Gasteiger charge is -2.08. The number of benzene rings is 1. The van der Waals surface area contributed by atoms with Gasteiger partial charge in [0.15, 0.2) is 0 Å². The van der Waals surface area contributed by atoms with E-state index in [1.165, 1.54) is 6.92 Å². The number of carboxylic acid groups (broad SMARTS) is 1. The first-order valence-corrected chi connectivity index (χ1v) is 4.69. The van der Waals surface area contributed by atoms with Gasteiger partial charge >= 0.3 is 11.9 Å². The van der Waals surface area contributed by atoms with Crippen molar-refractivity contribution in [1.82, 2.24) is 0 Å². The molecule has 0 fully saturated rings. The molecule has 0 aliphatic rings. The van der Waals surface area contributed by atoms with Crippen LogP contribution in [-0.2, 0) is 9.59 Å². The van der Waals surface area contributed by atoms with Gasteiger partial charge in [-0.05, 0) is 18.6 Å². The zero-order valence-corrected chi connectivity index (χ0v) is 9.06. The fourth-order valence-electron chi connectivity index (χ4n) is 1.30. The van der Waals surface area contributed by atoms with E-state index in [1.54, 1.807) is 31.2 Å². The molecule has 0 unspecified atom stereocenters. The lowest BCUT2D eigenvalue weighted by molar-refractivity contribution is -0.132. The van der Waals surface area contributed by atoms with E-state index in [9.17, 15) is 9.59 Å². The molecule has 1 N–H and O–H groups in total. The molecule has 1 aromatic carbocycles. The van der Waals surface area contributed by atoms with Crippen molar-refractivity contribution in [3.05, 3.63) is 35.9 Å². The predicted octanol–water partition coefficient (Wildman–Crippen LogP) is 2.10. The number of carboxylic acids is 1. The topological polar surface area (TPSA) is 63.6 Å². The molecule has 16 heavy (non-hydrogen) atoms. The van der Waals surface area contributed by atoms with Crippen LogP contribution in [0.25, 0.3) is 5.57 Å². The first kappa shape index (κ1) is 12.0. The van der Waals surface area contributed by atoms with Crippen LogP contribution in [0, 0.1) is 0 Å². The highest BCUT2D eigenvalue weighted by Gasteiger charge is 2.07. The molecular weight excluding hydrogens is 208 g/mol. The maximum absolute atomic E-state index is 10.9. The zero-order chi connectivity index (χ0) is 12.1. The third kappa shape index (κ3) is 3.24. The van der Waals surface area contributed by atoms with Crippen molar-refractivity contribution in [2.45, 2.75) is 13.8 Å². The molecule has 0 aliphatic carbocycles. The summed E-state index contributed by atoms with van der Waals surface area (Å²) in [5.41, 5.74) is 1.13. The molecule has 0 heterocycles. The second-order valence-electron chi connectivity index (χ2n) is 3.26. The molecule has 1 rings (SSSR count). The quantitative estimate of drug-likeness (QED) is 0.481. The monoisotopic (exact) mass is 220 g/mol. The molecule has 0 atom stereocenters. The molecule has 0 spiro atoms. The van der Waals surface area contributed by atoms with Crippen LogP contribution < -0.4 is 4.74 Å². The van der Waals surface area contributed by atoms with Crippen molar-refractivity contribution in [2.24, 2.45) is 0 Å². The van der Waals surface area contributed by atoms with E-state index in [-0.39, 0.29) is 0 Å². The Kier molecular flexibility index (Phi) is 3.83. The van der Waals surface area contributed by atoms with E-state index < -0.39 is 11.9 Å². The first-order chi connectivity index (χ1) is 7.50. The molecule has 0 radical (unpaired) electrons. The van der Waals surface area contributed by atoms with Gasteiger partial charge in [0, 0.05) is 18.6 Å². The van der Waals surface area contributed by atoms with E-state index in [0.29, 0.717) is 16.9 Å². The van der Waals surface area contributed by atoms with Crippen LogP contribution in [0.15, 0.2) is 30.3 Å². The van der Waals surface area contributed by atoms with Crippen LogP contribution in [0.4, 0.5) is 0 Å². The number of allylic oxidation sites excluding steroid dienone is 1. The Bertz CT molecular complexity index is 446. The Labute approximate surface area is 93.2 Å². The fourth-order valence-corrected chi connectivity index (χ4v) is 1.30. The Morgan fingerprint density at radius 1 is 1.25 bits per heavy atom. The summed E-state index contributed by atoms with van der Waals surface area (Å²) in [4.78, 5) is 21.4. The average Bonchev–Trinajstić information content (AvgIpc) is 2.16. The number of para-hydroxylation sites is 1. The van der Waals surface area contributed by atoms with Crippen LogP contribution >= 0.6 is 0 Å². The summed E-state index contributed by atoms with van der Waals surface area (Å²) in [6.07, 6.45) is 1.07. The average molecular weight is 220 g/mol. The Morgan fingerprint density at radius 2 is 1.88 bits per heavy atom. The highest BCUT2D eigenvalue weighted by Crippen LogP contribution is 2.25. The molecule has 0 saturated carbocycles. The number of ether oxygens (including phenoxy) is 1. The molecule has 0 bridgehead atoms. The summed E-state index contributed by atoms with van der Waals surface area (Å²) >= 11 is 0. The van der Waals surface area contributed by atoms with E-state index in [2.05, 4.69) is 0 Å². The summed E-state index contributed by atoms with van der Waals surface area (Å²) < 4.78 is 4.98. The van der Waals surface area contributed by atoms with Crippen molar-refractivity contribution in [3.8, 4) is 5.75 Å². The maximum Gasteiger partial charge on any atom is 0.328 e. The van der Waals surface area contributed by atoms with Crippen molar-refractivity contribution in [1.29, 1.82) is 0 Å². The van der Waals surface area contributed by atoms with Gasteiger partial charge in [-0.3, -0.25) is 4.79 Å². The fraction of sp³-hybridized carbons (Fsp3) is 0.167. The summed E-state index contributed by atoms with van der Waals surface area (Å²) in [5, 5.41) is 8.63. The standard InChI is InChI=1S/C12H12O4/c1-8(7-12(14)15)10-5-3-4-6-11(10)16-9(2)13/h3-7H,1-2H3,(H,14,15). The van der Waals surface area contributed by atoms with Gasteiger partial charge in [-0.15, -0.1) is 0 Å². The lowest BCUT2D eigenvalue weighted by atomic mass is 10.1. The number of hydrogen-bond acceptors (Lipinski definition) is 3. The summed E-state index contributed by atoms with van der Waals surface area (Å²) in [6.45, 7) is 2.95. The molecule has 84 valence electrons. The number of carbonyl (C=O) groups is 2. The molecule has 0 aromatic heterocycles. The van der Waals surface area contributed by atoms with Crippen molar-refractivity contribution >= 4 is 17.5 Å². The number of carbonyl (C=O) groups excluding carboxylic acids is 1. The van der Waals surface area contributed by atoms with Gasteiger partial charge in [0.05, 0.1) is 0 Å². The molecule has 1 aromatic rings. The van der Waals surface area contributed by atoms with Gasteiger partial charge < -0.3 is 9.84 Å². The predicted molar refractivity (Wildman–Crippen MR) is 59.0 cm³/mol. The molecular formula is C12H12O4. The van der Waals surface area contributed by atoms with Crippen molar-refractivity contribution < 1.29 is 19.4 Å². The maximum atomic E-state index is 10.9. The minimum atomic E-state index is -1.03. The summed E-state index contributed by atoms with van der Waals surface area (Å²) in [6, 6.07) is 6.79. The van der Waals surface area contributed by atoms with E-state index in [4.69, 9.17) is 9.84 Å². The number of esters is 1. The van der Waals surface area contributed by atoms with Gasteiger partial charge in [-0.25, -0.2) is 4.79 Å². The van der Waals surface area contributed by atoms with E-state index >= 15 is 0 Å². The highest BCUT2D eigenvalue weighted by molar-refractivity contribution is 5.90. The summed E-state index contributed by atoms with van der Waals surface area (Å²) in [7, 11) is 0.